The Kier molecular flexibility index (Phi) is 6.89. The molecule has 0 atom stereocenters. The van der Waals surface area contributed by atoms with Crippen LogP contribution >= 0.6 is 11.8 Å². The average molecular weight is 455 g/mol. The number of amides is 1. The number of rotatable bonds is 7. The first-order valence-electron chi connectivity index (χ1n) is 10.6. The molecule has 3 aromatic rings. The molecule has 3 heterocycles. The highest BCUT2D eigenvalue weighted by Gasteiger charge is 2.20. The van der Waals surface area contributed by atoms with Crippen LogP contribution in [0.1, 0.15) is 40.0 Å². The molecule has 1 aromatic carbocycles. The molecule has 168 valence electrons. The zero-order chi connectivity index (χ0) is 22.5. The molecule has 1 saturated heterocycles. The monoisotopic (exact) mass is 454 g/mol. The summed E-state index contributed by atoms with van der Waals surface area (Å²) in [4.78, 5) is 36.3. The fraction of sp³-hybridized carbons (Fsp3) is 0.409. The van der Waals surface area contributed by atoms with Crippen molar-refractivity contribution in [2.75, 3.05) is 37.9 Å². The van der Waals surface area contributed by atoms with Crippen LogP contribution in [0.5, 0.6) is 0 Å². The van der Waals surface area contributed by atoms with Gasteiger partial charge in [-0.15, -0.1) is 0 Å². The number of piperidine rings is 1. The van der Waals surface area contributed by atoms with Crippen molar-refractivity contribution in [2.45, 2.75) is 31.0 Å². The van der Waals surface area contributed by atoms with E-state index in [1.807, 2.05) is 6.26 Å². The molecule has 0 radical (unpaired) electrons. The van der Waals surface area contributed by atoms with Gasteiger partial charge in [-0.25, -0.2) is 19.4 Å². The second-order valence-electron chi connectivity index (χ2n) is 7.48. The first kappa shape index (κ1) is 22.1. The van der Waals surface area contributed by atoms with Gasteiger partial charge in [0.2, 0.25) is 0 Å². The van der Waals surface area contributed by atoms with Crippen molar-refractivity contribution in [1.29, 1.82) is 0 Å². The third kappa shape index (κ3) is 4.55. The van der Waals surface area contributed by atoms with Crippen molar-refractivity contribution in [3.63, 3.8) is 0 Å². The van der Waals surface area contributed by atoms with Crippen LogP contribution < -0.4 is 10.2 Å². The summed E-state index contributed by atoms with van der Waals surface area (Å²) in [7, 11) is 1.29. The Morgan fingerprint density at radius 2 is 1.88 bits per heavy atom. The van der Waals surface area contributed by atoms with Crippen molar-refractivity contribution in [3.8, 4) is 0 Å². The number of carbonyl (C=O) groups excluding carboxylic acids is 2. The fourth-order valence-electron chi connectivity index (χ4n) is 3.86. The Balaban J connectivity index is 1.51. The van der Waals surface area contributed by atoms with E-state index in [0.29, 0.717) is 18.2 Å². The smallest absolute Gasteiger partial charge is 0.338 e. The van der Waals surface area contributed by atoms with Gasteiger partial charge in [-0.3, -0.25) is 4.79 Å². The van der Waals surface area contributed by atoms with Crippen LogP contribution in [-0.4, -0.2) is 64.6 Å². The molecule has 32 heavy (non-hydrogen) atoms. The number of nitrogens with one attached hydrogen (secondary N) is 1. The predicted molar refractivity (Wildman–Crippen MR) is 123 cm³/mol. The molecule has 4 rings (SSSR count). The average Bonchev–Trinajstić information content (AvgIpc) is 3.26. The highest BCUT2D eigenvalue weighted by molar-refractivity contribution is 7.98. The van der Waals surface area contributed by atoms with Crippen LogP contribution in [0.25, 0.3) is 11.0 Å². The number of esters is 1. The third-order valence-corrected chi connectivity index (χ3v) is 6.03. The van der Waals surface area contributed by atoms with Gasteiger partial charge in [-0.2, -0.15) is 5.10 Å². The first-order chi connectivity index (χ1) is 15.6. The number of aromatic nitrogens is 4. The van der Waals surface area contributed by atoms with Crippen LogP contribution in [0.3, 0.4) is 0 Å². The van der Waals surface area contributed by atoms with Crippen molar-refractivity contribution in [2.24, 2.45) is 0 Å². The molecule has 0 bridgehead atoms. The lowest BCUT2D eigenvalue weighted by Gasteiger charge is -2.28. The van der Waals surface area contributed by atoms with Gasteiger partial charge < -0.3 is 15.0 Å². The summed E-state index contributed by atoms with van der Waals surface area (Å²) in [6.45, 7) is 2.75. The first-order valence-corrected chi connectivity index (χ1v) is 11.8. The summed E-state index contributed by atoms with van der Waals surface area (Å²) < 4.78 is 6.56. The topological polar surface area (TPSA) is 102 Å². The number of nitrogens with zero attached hydrogens (tertiary/aromatic N) is 5. The van der Waals surface area contributed by atoms with E-state index in [0.717, 1.165) is 42.8 Å². The minimum absolute atomic E-state index is 0.237. The van der Waals surface area contributed by atoms with E-state index in [9.17, 15) is 9.59 Å². The molecule has 1 fully saturated rings. The van der Waals surface area contributed by atoms with Crippen LogP contribution in [-0.2, 0) is 11.3 Å². The summed E-state index contributed by atoms with van der Waals surface area (Å²) >= 11 is 1.50. The van der Waals surface area contributed by atoms with Crippen molar-refractivity contribution in [3.05, 3.63) is 41.6 Å². The third-order valence-electron chi connectivity index (χ3n) is 5.48. The van der Waals surface area contributed by atoms with Crippen molar-refractivity contribution in [1.82, 2.24) is 25.1 Å². The van der Waals surface area contributed by atoms with Gasteiger partial charge in [0, 0.05) is 19.6 Å². The van der Waals surface area contributed by atoms with Crippen molar-refractivity contribution < 1.29 is 14.3 Å². The summed E-state index contributed by atoms with van der Waals surface area (Å²) in [5.74, 6) is 0.0533. The number of hydrogen-bond donors (Lipinski definition) is 1. The number of benzene rings is 1. The van der Waals surface area contributed by atoms with Gasteiger partial charge in [0.15, 0.2) is 10.8 Å². The van der Waals surface area contributed by atoms with E-state index < -0.39 is 5.97 Å². The largest absolute Gasteiger partial charge is 0.465 e. The van der Waals surface area contributed by atoms with Gasteiger partial charge >= 0.3 is 5.97 Å². The Labute approximate surface area is 190 Å². The van der Waals surface area contributed by atoms with Gasteiger partial charge in [0.25, 0.3) is 5.91 Å². The standard InChI is InChI=1S/C22H26N6O3S/c1-31-21(30)16-9-5-4-8-15(16)20(29)23-10-13-28-19-17(14-24-28)18(25-22(26-19)32-2)27-11-6-3-7-12-27/h4-5,8-9,14H,3,6-7,10-13H2,1-2H3,(H,23,29). The highest BCUT2D eigenvalue weighted by atomic mass is 32.2. The molecular weight excluding hydrogens is 428 g/mol. The Bertz CT molecular complexity index is 1130. The molecule has 2 aromatic heterocycles. The number of fused-ring (bicyclic) bond motifs is 1. The fourth-order valence-corrected chi connectivity index (χ4v) is 4.22. The zero-order valence-corrected chi connectivity index (χ0v) is 19.0. The Hall–Kier alpha value is -3.14. The Morgan fingerprint density at radius 1 is 1.12 bits per heavy atom. The van der Waals surface area contributed by atoms with Crippen molar-refractivity contribution >= 4 is 40.5 Å². The second kappa shape index (κ2) is 9.99. The molecule has 1 amide bonds. The summed E-state index contributed by atoms with van der Waals surface area (Å²) in [6, 6.07) is 6.59. The highest BCUT2D eigenvalue weighted by Crippen LogP contribution is 2.28. The number of carbonyl (C=O) groups is 2. The minimum Gasteiger partial charge on any atom is -0.465 e. The van der Waals surface area contributed by atoms with Gasteiger partial charge in [-0.05, 0) is 37.7 Å². The summed E-state index contributed by atoms with van der Waals surface area (Å²) in [5, 5.41) is 9.00. The molecule has 1 aliphatic heterocycles. The SMILES string of the molecule is COC(=O)c1ccccc1C(=O)NCCn1ncc2c(N3CCCCC3)nc(SC)nc21. The van der Waals surface area contributed by atoms with Gasteiger partial charge in [0.1, 0.15) is 5.82 Å². The van der Waals surface area contributed by atoms with Crippen LogP contribution in [0.4, 0.5) is 5.82 Å². The molecule has 0 spiro atoms. The maximum Gasteiger partial charge on any atom is 0.338 e. The minimum atomic E-state index is -0.541. The van der Waals surface area contributed by atoms with E-state index in [2.05, 4.69) is 20.3 Å². The van der Waals surface area contributed by atoms with Gasteiger partial charge in [0.05, 0.1) is 36.4 Å². The summed E-state index contributed by atoms with van der Waals surface area (Å²) in [5.41, 5.74) is 1.28. The van der Waals surface area contributed by atoms with E-state index in [-0.39, 0.29) is 17.0 Å². The van der Waals surface area contributed by atoms with E-state index >= 15 is 0 Å². The van der Waals surface area contributed by atoms with Crippen LogP contribution in [0, 0.1) is 0 Å². The van der Waals surface area contributed by atoms with Crippen LogP contribution in [0.2, 0.25) is 0 Å². The summed E-state index contributed by atoms with van der Waals surface area (Å²) in [6.07, 6.45) is 7.33. The van der Waals surface area contributed by atoms with Crippen LogP contribution in [0.15, 0.2) is 35.6 Å². The van der Waals surface area contributed by atoms with Gasteiger partial charge in [-0.1, -0.05) is 23.9 Å². The van der Waals surface area contributed by atoms with E-state index in [4.69, 9.17) is 9.72 Å². The lowest BCUT2D eigenvalue weighted by atomic mass is 10.1. The second-order valence-corrected chi connectivity index (χ2v) is 8.25. The molecule has 0 aliphatic carbocycles. The maximum atomic E-state index is 12.7. The molecule has 0 saturated carbocycles. The lowest BCUT2D eigenvalue weighted by molar-refractivity contribution is 0.0596. The molecule has 0 unspecified atom stereocenters. The predicted octanol–water partition coefficient (Wildman–Crippen LogP) is 2.76. The zero-order valence-electron chi connectivity index (χ0n) is 18.2. The molecule has 1 aliphatic rings. The molecule has 9 nitrogen and oxygen atoms in total. The number of ether oxygens (including phenoxy) is 1. The van der Waals surface area contributed by atoms with E-state index in [1.54, 1.807) is 35.1 Å². The number of hydrogen-bond acceptors (Lipinski definition) is 8. The number of anilines is 1. The molecule has 10 heteroatoms. The maximum absolute atomic E-state index is 12.7. The quantitative estimate of drug-likeness (QED) is 0.330. The number of thioether (sulfide) groups is 1. The van der Waals surface area contributed by atoms with E-state index in [1.165, 1.54) is 25.3 Å². The lowest BCUT2D eigenvalue weighted by Crippen LogP contribution is -2.30. The normalized spacial score (nSPS) is 13.9. The Morgan fingerprint density at radius 3 is 2.59 bits per heavy atom. The molecular formula is C22H26N6O3S. The number of methoxy groups -OCH3 is 1. The molecule has 1 N–H and O–H groups in total.